The monoisotopic (exact) mass is 466 g/mol. The van der Waals surface area contributed by atoms with E-state index in [1.54, 1.807) is 12.3 Å². The lowest BCUT2D eigenvalue weighted by Crippen LogP contribution is -2.24. The third-order valence-corrected chi connectivity index (χ3v) is 5.64. The quantitative estimate of drug-likeness (QED) is 0.205. The van der Waals surface area contributed by atoms with E-state index in [1.807, 2.05) is 92.3 Å². The molecule has 176 valence electrons. The normalized spacial score (nSPS) is 11.2. The number of anilines is 1. The molecule has 35 heavy (non-hydrogen) atoms. The van der Waals surface area contributed by atoms with Gasteiger partial charge in [-0.1, -0.05) is 44.2 Å². The van der Waals surface area contributed by atoms with Crippen LogP contribution in [0.4, 0.5) is 10.5 Å². The summed E-state index contributed by atoms with van der Waals surface area (Å²) in [7, 11) is 7.49. The zero-order valence-corrected chi connectivity index (χ0v) is 20.0. The van der Waals surface area contributed by atoms with E-state index in [0.717, 1.165) is 22.0 Å². The first-order valence-corrected chi connectivity index (χ1v) is 11.3. The second-order valence-corrected chi connectivity index (χ2v) is 8.50. The Hall–Kier alpha value is -4.20. The van der Waals surface area contributed by atoms with Crippen LogP contribution in [0.5, 0.6) is 11.5 Å². The van der Waals surface area contributed by atoms with Crippen LogP contribution in [-0.4, -0.2) is 24.9 Å². The minimum atomic E-state index is -0.450. The zero-order valence-electron chi connectivity index (χ0n) is 20.0. The minimum absolute atomic E-state index is 0.160. The number of nitrogens with zero attached hydrogens (tertiary/aromatic N) is 2. The number of aryl methyl sites for hydroxylation is 1. The van der Waals surface area contributed by atoms with E-state index < -0.39 is 6.03 Å². The van der Waals surface area contributed by atoms with Crippen molar-refractivity contribution in [1.82, 2.24) is 9.99 Å². The molecule has 0 bridgehead atoms. The highest BCUT2D eigenvalue weighted by Gasteiger charge is 2.14. The van der Waals surface area contributed by atoms with Crippen molar-refractivity contribution in [3.8, 4) is 11.5 Å². The van der Waals surface area contributed by atoms with Gasteiger partial charge in [-0.15, -0.1) is 0 Å². The fraction of sp³-hybridized carbons (Fsp3) is 0.185. The number of carbonyl (C=O) groups is 1. The summed E-state index contributed by atoms with van der Waals surface area (Å²) in [4.78, 5) is 12.4. The summed E-state index contributed by atoms with van der Waals surface area (Å²) >= 11 is 0. The third kappa shape index (κ3) is 5.84. The largest absolute Gasteiger partial charge is 0.568 e. The number of nitrogens with one attached hydrogen (secondary N) is 2. The molecule has 0 atom stereocenters. The molecule has 0 saturated carbocycles. The van der Waals surface area contributed by atoms with Gasteiger partial charge in [-0.3, -0.25) is 0 Å². The second kappa shape index (κ2) is 10.8. The second-order valence-electron chi connectivity index (χ2n) is 8.50. The topological polar surface area (TPSA) is 76.9 Å². The standard InChI is InChI=1S/C27H27BN4O3/c1-18(2)23-14-21(25(15-26(23)35-28)34-17-19-7-5-4-6-8-19)16-29-31-27(33)30-22-9-10-24-20(13-22)11-12-32(24)3/h4-16,18H,17H2,1-3H3,(H2,30,31,33)/b29-16+. The van der Waals surface area contributed by atoms with Crippen molar-refractivity contribution in [2.75, 3.05) is 5.32 Å². The lowest BCUT2D eigenvalue weighted by Gasteiger charge is -2.17. The summed E-state index contributed by atoms with van der Waals surface area (Å²) in [6, 6.07) is 20.7. The Morgan fingerprint density at radius 1 is 1.09 bits per heavy atom. The van der Waals surface area contributed by atoms with Crippen LogP contribution in [-0.2, 0) is 13.7 Å². The van der Waals surface area contributed by atoms with E-state index in [4.69, 9.17) is 17.4 Å². The summed E-state index contributed by atoms with van der Waals surface area (Å²) in [6.45, 7) is 4.44. The molecule has 2 N–H and O–H groups in total. The van der Waals surface area contributed by atoms with Crippen molar-refractivity contribution in [1.29, 1.82) is 0 Å². The number of fused-ring (bicyclic) bond motifs is 1. The van der Waals surface area contributed by atoms with E-state index in [2.05, 4.69) is 15.8 Å². The molecule has 0 fully saturated rings. The molecule has 0 unspecified atom stereocenters. The maximum Gasteiger partial charge on any atom is 0.374 e. The summed E-state index contributed by atoms with van der Waals surface area (Å²) in [5, 5.41) is 7.97. The Labute approximate surface area is 206 Å². The molecule has 1 heterocycles. The number of urea groups is 1. The van der Waals surface area contributed by atoms with E-state index >= 15 is 0 Å². The van der Waals surface area contributed by atoms with Crippen molar-refractivity contribution < 1.29 is 14.2 Å². The van der Waals surface area contributed by atoms with Crippen molar-refractivity contribution in [2.45, 2.75) is 26.4 Å². The van der Waals surface area contributed by atoms with Crippen LogP contribution in [0.1, 0.15) is 36.5 Å². The Morgan fingerprint density at radius 2 is 1.89 bits per heavy atom. The van der Waals surface area contributed by atoms with Gasteiger partial charge in [0.15, 0.2) is 0 Å². The van der Waals surface area contributed by atoms with Gasteiger partial charge in [0.05, 0.1) is 6.21 Å². The number of ether oxygens (including phenoxy) is 1. The molecule has 2 radical (unpaired) electrons. The molecule has 2 amide bonds. The number of aromatic nitrogens is 1. The van der Waals surface area contributed by atoms with Crippen LogP contribution >= 0.6 is 0 Å². The highest BCUT2D eigenvalue weighted by atomic mass is 16.5. The Balaban J connectivity index is 1.49. The Morgan fingerprint density at radius 3 is 2.63 bits per heavy atom. The first kappa shape index (κ1) is 23.9. The van der Waals surface area contributed by atoms with Gasteiger partial charge in [-0.05, 0) is 47.4 Å². The average Bonchev–Trinajstić information content (AvgIpc) is 3.23. The molecule has 0 aliphatic rings. The van der Waals surface area contributed by atoms with Gasteiger partial charge in [0.2, 0.25) is 0 Å². The molecule has 0 aliphatic carbocycles. The van der Waals surface area contributed by atoms with Crippen LogP contribution in [0.25, 0.3) is 10.9 Å². The van der Waals surface area contributed by atoms with E-state index in [1.165, 1.54) is 0 Å². The van der Waals surface area contributed by atoms with Gasteiger partial charge in [-0.25, -0.2) is 10.2 Å². The smallest absolute Gasteiger partial charge is 0.374 e. The predicted molar refractivity (Wildman–Crippen MR) is 140 cm³/mol. The molecule has 7 nitrogen and oxygen atoms in total. The summed E-state index contributed by atoms with van der Waals surface area (Å²) in [5.41, 5.74) is 6.89. The number of hydrogen-bond acceptors (Lipinski definition) is 4. The van der Waals surface area contributed by atoms with Gasteiger partial charge in [0.1, 0.15) is 18.1 Å². The van der Waals surface area contributed by atoms with Crippen LogP contribution in [0.2, 0.25) is 0 Å². The first-order chi connectivity index (χ1) is 16.9. The highest BCUT2D eigenvalue weighted by Crippen LogP contribution is 2.33. The van der Waals surface area contributed by atoms with Crippen LogP contribution in [0.3, 0.4) is 0 Å². The van der Waals surface area contributed by atoms with Crippen molar-refractivity contribution in [3.05, 3.63) is 89.6 Å². The van der Waals surface area contributed by atoms with E-state index in [-0.39, 0.29) is 5.92 Å². The van der Waals surface area contributed by atoms with Gasteiger partial charge >= 0.3 is 14.1 Å². The summed E-state index contributed by atoms with van der Waals surface area (Å²) in [5.74, 6) is 1.23. The van der Waals surface area contributed by atoms with Crippen molar-refractivity contribution in [2.24, 2.45) is 12.1 Å². The maximum absolute atomic E-state index is 12.4. The highest BCUT2D eigenvalue weighted by molar-refractivity contribution is 6.00. The zero-order chi connectivity index (χ0) is 24.8. The molecule has 0 spiro atoms. The Kier molecular flexibility index (Phi) is 7.40. The van der Waals surface area contributed by atoms with E-state index in [9.17, 15) is 4.79 Å². The molecule has 4 aromatic rings. The number of hydrazone groups is 1. The molecular formula is C27H27BN4O3. The van der Waals surface area contributed by atoms with Crippen LogP contribution in [0, 0.1) is 0 Å². The summed E-state index contributed by atoms with van der Waals surface area (Å²) < 4.78 is 13.2. The lowest BCUT2D eigenvalue weighted by atomic mass is 9.99. The number of hydrogen-bond donors (Lipinski definition) is 2. The average molecular weight is 466 g/mol. The van der Waals surface area contributed by atoms with Gasteiger partial charge in [-0.2, -0.15) is 5.10 Å². The fourth-order valence-electron chi connectivity index (χ4n) is 3.79. The lowest BCUT2D eigenvalue weighted by molar-refractivity contribution is 0.252. The van der Waals surface area contributed by atoms with Crippen molar-refractivity contribution in [3.63, 3.8) is 0 Å². The molecule has 4 rings (SSSR count). The third-order valence-electron chi connectivity index (χ3n) is 5.64. The predicted octanol–water partition coefficient (Wildman–Crippen LogP) is 5.50. The minimum Gasteiger partial charge on any atom is -0.568 e. The van der Waals surface area contributed by atoms with Gasteiger partial charge in [0, 0.05) is 41.5 Å². The fourth-order valence-corrected chi connectivity index (χ4v) is 3.79. The SMILES string of the molecule is [B]Oc1cc(OCc2ccccc2)c(/C=N/NC(=O)Nc2ccc3c(ccn3C)c2)cc1C(C)C. The first-order valence-electron chi connectivity index (χ1n) is 11.3. The van der Waals surface area contributed by atoms with Crippen LogP contribution < -0.4 is 20.1 Å². The molecule has 8 heteroatoms. The van der Waals surface area contributed by atoms with E-state index in [0.29, 0.717) is 29.4 Å². The molecule has 0 saturated heterocycles. The summed E-state index contributed by atoms with van der Waals surface area (Å²) in [6.07, 6.45) is 3.52. The van der Waals surface area contributed by atoms with Crippen LogP contribution in [0.15, 0.2) is 78.0 Å². The number of amides is 2. The van der Waals surface area contributed by atoms with Gasteiger partial charge < -0.3 is 19.3 Å². The number of rotatable bonds is 8. The Bertz CT molecular complexity index is 1350. The molecule has 0 aliphatic heterocycles. The number of carbonyl (C=O) groups excluding carboxylic acids is 1. The molecule has 3 aromatic carbocycles. The van der Waals surface area contributed by atoms with Crippen molar-refractivity contribution >= 4 is 36.9 Å². The maximum atomic E-state index is 12.4. The molecular weight excluding hydrogens is 439 g/mol. The van der Waals surface area contributed by atoms with Gasteiger partial charge in [0.25, 0.3) is 0 Å². The number of benzene rings is 3. The molecule has 1 aromatic heterocycles.